The van der Waals surface area contributed by atoms with Crippen molar-refractivity contribution >= 4 is 0 Å². The molecule has 0 fully saturated rings. The van der Waals surface area contributed by atoms with Gasteiger partial charge in [-0.1, -0.05) is 12.1 Å². The number of nitrogens with zero attached hydrogens (tertiary/aromatic N) is 2. The lowest BCUT2D eigenvalue weighted by Gasteiger charge is -2.18. The maximum atomic E-state index is 4.54. The lowest BCUT2D eigenvalue weighted by molar-refractivity contribution is 0.662. The van der Waals surface area contributed by atoms with Crippen LogP contribution in [0.3, 0.4) is 0 Å². The van der Waals surface area contributed by atoms with Crippen LogP contribution < -0.4 is 5.32 Å². The smallest absolute Gasteiger partial charge is 0.0766 e. The van der Waals surface area contributed by atoms with E-state index in [-0.39, 0.29) is 6.04 Å². The van der Waals surface area contributed by atoms with Crippen molar-refractivity contribution in [3.8, 4) is 0 Å². The zero-order valence-corrected chi connectivity index (χ0v) is 10.4. The number of nitrogens with one attached hydrogen (secondary N) is 1. The lowest BCUT2D eigenvalue weighted by Crippen LogP contribution is -2.20. The summed E-state index contributed by atoms with van der Waals surface area (Å²) >= 11 is 0. The van der Waals surface area contributed by atoms with Crippen LogP contribution in [0.15, 0.2) is 36.8 Å². The quantitative estimate of drug-likeness (QED) is 0.875. The van der Waals surface area contributed by atoms with Gasteiger partial charge in [-0.2, -0.15) is 0 Å². The Balaban J connectivity index is 2.42. The van der Waals surface area contributed by atoms with Gasteiger partial charge in [-0.15, -0.1) is 0 Å². The van der Waals surface area contributed by atoms with E-state index in [4.69, 9.17) is 0 Å². The molecule has 3 nitrogen and oxygen atoms in total. The maximum Gasteiger partial charge on any atom is 0.0766 e. The van der Waals surface area contributed by atoms with Gasteiger partial charge in [-0.25, -0.2) is 0 Å². The molecule has 2 aromatic rings. The molecule has 0 bridgehead atoms. The summed E-state index contributed by atoms with van der Waals surface area (Å²) in [6.07, 6.45) is 5.57. The van der Waals surface area contributed by atoms with E-state index in [1.165, 1.54) is 11.1 Å². The molecule has 2 rings (SSSR count). The molecule has 0 aliphatic rings. The van der Waals surface area contributed by atoms with Gasteiger partial charge in [-0.05, 0) is 43.7 Å². The molecule has 2 aromatic heterocycles. The molecule has 0 radical (unpaired) electrons. The van der Waals surface area contributed by atoms with Crippen LogP contribution in [-0.4, -0.2) is 17.0 Å². The molecule has 2 heterocycles. The molecule has 1 unspecified atom stereocenters. The molecule has 3 heteroatoms. The Morgan fingerprint density at radius 1 is 1.24 bits per heavy atom. The van der Waals surface area contributed by atoms with E-state index in [2.05, 4.69) is 41.3 Å². The van der Waals surface area contributed by atoms with Gasteiger partial charge in [-0.3, -0.25) is 9.97 Å². The van der Waals surface area contributed by atoms with Gasteiger partial charge < -0.3 is 5.32 Å². The number of rotatable bonds is 3. The first-order valence-corrected chi connectivity index (χ1v) is 5.72. The summed E-state index contributed by atoms with van der Waals surface area (Å²) in [7, 11) is 1.94. The fourth-order valence-electron chi connectivity index (χ4n) is 2.04. The largest absolute Gasteiger partial charge is 0.308 e. The first kappa shape index (κ1) is 11.7. The Kier molecular flexibility index (Phi) is 3.49. The summed E-state index contributed by atoms with van der Waals surface area (Å²) in [5.74, 6) is 0. The molecular weight excluding hydrogens is 210 g/mol. The highest BCUT2D eigenvalue weighted by atomic mass is 14.9. The third kappa shape index (κ3) is 2.50. The highest BCUT2D eigenvalue weighted by Gasteiger charge is 2.15. The fraction of sp³-hybridized carbons (Fsp3) is 0.286. The van der Waals surface area contributed by atoms with E-state index in [0.717, 1.165) is 11.3 Å². The Morgan fingerprint density at radius 2 is 2.06 bits per heavy atom. The Labute approximate surface area is 102 Å². The van der Waals surface area contributed by atoms with Gasteiger partial charge in [0.2, 0.25) is 0 Å². The van der Waals surface area contributed by atoms with Crippen LogP contribution in [0.25, 0.3) is 0 Å². The number of hydrogen-bond donors (Lipinski definition) is 1. The van der Waals surface area contributed by atoms with Crippen molar-refractivity contribution < 1.29 is 0 Å². The second-order valence-electron chi connectivity index (χ2n) is 4.22. The molecule has 1 atom stereocenters. The van der Waals surface area contributed by atoms with E-state index >= 15 is 0 Å². The number of hydrogen-bond acceptors (Lipinski definition) is 3. The van der Waals surface area contributed by atoms with Crippen molar-refractivity contribution in [1.82, 2.24) is 15.3 Å². The van der Waals surface area contributed by atoms with E-state index in [0.29, 0.717) is 0 Å². The zero-order chi connectivity index (χ0) is 12.3. The van der Waals surface area contributed by atoms with Crippen LogP contribution in [0.2, 0.25) is 0 Å². The summed E-state index contributed by atoms with van der Waals surface area (Å²) in [6.45, 7) is 4.15. The normalized spacial score (nSPS) is 12.4. The second-order valence-corrected chi connectivity index (χ2v) is 4.22. The van der Waals surface area contributed by atoms with Crippen LogP contribution in [-0.2, 0) is 0 Å². The monoisotopic (exact) mass is 227 g/mol. The minimum atomic E-state index is 0.101. The van der Waals surface area contributed by atoms with Crippen LogP contribution in [0.5, 0.6) is 0 Å². The van der Waals surface area contributed by atoms with Crippen LogP contribution in [0, 0.1) is 13.8 Å². The van der Waals surface area contributed by atoms with Gasteiger partial charge in [0.15, 0.2) is 0 Å². The van der Waals surface area contributed by atoms with Gasteiger partial charge in [0, 0.05) is 18.6 Å². The molecule has 0 aliphatic carbocycles. The first-order valence-electron chi connectivity index (χ1n) is 5.72. The minimum absolute atomic E-state index is 0.101. The van der Waals surface area contributed by atoms with Gasteiger partial charge in [0.1, 0.15) is 0 Å². The summed E-state index contributed by atoms with van der Waals surface area (Å²) < 4.78 is 0. The van der Waals surface area contributed by atoms with E-state index in [1.807, 2.05) is 25.5 Å². The van der Waals surface area contributed by atoms with Crippen molar-refractivity contribution in [3.63, 3.8) is 0 Å². The number of aryl methyl sites for hydroxylation is 2. The molecule has 1 N–H and O–H groups in total. The molecule has 0 aliphatic heterocycles. The molecule has 0 aromatic carbocycles. The standard InChI is InChI=1S/C14H17N3/c1-10-7-11(2)13(17-8-10)14(15-3)12-5-4-6-16-9-12/h4-9,14-15H,1-3H3. The topological polar surface area (TPSA) is 37.8 Å². The molecule has 0 spiro atoms. The van der Waals surface area contributed by atoms with Crippen LogP contribution in [0.4, 0.5) is 0 Å². The van der Waals surface area contributed by atoms with E-state index in [9.17, 15) is 0 Å². The SMILES string of the molecule is CNC(c1cccnc1)c1ncc(C)cc1C. The molecule has 88 valence electrons. The van der Waals surface area contributed by atoms with Crippen molar-refractivity contribution in [3.05, 3.63) is 59.2 Å². The Morgan fingerprint density at radius 3 is 2.65 bits per heavy atom. The van der Waals surface area contributed by atoms with Gasteiger partial charge >= 0.3 is 0 Å². The third-order valence-electron chi connectivity index (χ3n) is 2.84. The molecular formula is C14H17N3. The molecule has 0 saturated carbocycles. The fourth-order valence-corrected chi connectivity index (χ4v) is 2.04. The lowest BCUT2D eigenvalue weighted by atomic mass is 10.0. The first-order chi connectivity index (χ1) is 8.22. The van der Waals surface area contributed by atoms with Crippen molar-refractivity contribution in [2.45, 2.75) is 19.9 Å². The average Bonchev–Trinajstić information content (AvgIpc) is 2.34. The van der Waals surface area contributed by atoms with Crippen molar-refractivity contribution in [1.29, 1.82) is 0 Å². The summed E-state index contributed by atoms with van der Waals surface area (Å²) in [5, 5.41) is 3.29. The summed E-state index contributed by atoms with van der Waals surface area (Å²) in [6, 6.07) is 6.27. The molecule has 17 heavy (non-hydrogen) atoms. The highest BCUT2D eigenvalue weighted by Crippen LogP contribution is 2.22. The summed E-state index contributed by atoms with van der Waals surface area (Å²) in [4.78, 5) is 8.69. The van der Waals surface area contributed by atoms with Gasteiger partial charge in [0.05, 0.1) is 11.7 Å². The van der Waals surface area contributed by atoms with E-state index < -0.39 is 0 Å². The van der Waals surface area contributed by atoms with E-state index in [1.54, 1.807) is 6.20 Å². The van der Waals surface area contributed by atoms with Crippen LogP contribution >= 0.6 is 0 Å². The molecule has 0 amide bonds. The maximum absolute atomic E-state index is 4.54. The van der Waals surface area contributed by atoms with Gasteiger partial charge in [0.25, 0.3) is 0 Å². The Bertz CT molecular complexity index is 494. The third-order valence-corrected chi connectivity index (χ3v) is 2.84. The second kappa shape index (κ2) is 5.06. The highest BCUT2D eigenvalue weighted by molar-refractivity contribution is 5.32. The Hall–Kier alpha value is -1.74. The predicted molar refractivity (Wildman–Crippen MR) is 68.9 cm³/mol. The summed E-state index contributed by atoms with van der Waals surface area (Å²) in [5.41, 5.74) is 4.58. The average molecular weight is 227 g/mol. The van der Waals surface area contributed by atoms with Crippen LogP contribution in [0.1, 0.15) is 28.4 Å². The van der Waals surface area contributed by atoms with Crippen molar-refractivity contribution in [2.75, 3.05) is 7.05 Å². The zero-order valence-electron chi connectivity index (χ0n) is 10.4. The number of aromatic nitrogens is 2. The number of pyridine rings is 2. The predicted octanol–water partition coefficient (Wildman–Crippen LogP) is 2.40. The van der Waals surface area contributed by atoms with Crippen molar-refractivity contribution in [2.24, 2.45) is 0 Å². The minimum Gasteiger partial charge on any atom is -0.308 e. The molecule has 0 saturated heterocycles.